The van der Waals surface area contributed by atoms with Crippen LogP contribution in [0.2, 0.25) is 5.02 Å². The molecule has 0 bridgehead atoms. The predicted molar refractivity (Wildman–Crippen MR) is 90.5 cm³/mol. The van der Waals surface area contributed by atoms with Gasteiger partial charge >= 0.3 is 0 Å². The van der Waals surface area contributed by atoms with E-state index in [0.717, 1.165) is 33.4 Å². The summed E-state index contributed by atoms with van der Waals surface area (Å²) in [6.45, 7) is 2.10. The van der Waals surface area contributed by atoms with Crippen molar-refractivity contribution in [2.24, 2.45) is 5.73 Å². The number of rotatable bonds is 6. The van der Waals surface area contributed by atoms with Crippen LogP contribution in [0.1, 0.15) is 18.9 Å². The van der Waals surface area contributed by atoms with Crippen LogP contribution in [0.15, 0.2) is 52.3 Å². The largest absolute Gasteiger partial charge is 0.496 e. The Bertz CT molecular complexity index is 603. The van der Waals surface area contributed by atoms with Gasteiger partial charge < -0.3 is 10.5 Å². The van der Waals surface area contributed by atoms with Crippen molar-refractivity contribution in [3.8, 4) is 5.75 Å². The molecular formula is C17H20ClNOS. The first kappa shape index (κ1) is 16.2. The second kappa shape index (κ2) is 7.74. The quantitative estimate of drug-likeness (QED) is 0.831. The van der Waals surface area contributed by atoms with Gasteiger partial charge in [-0.05, 0) is 42.7 Å². The Labute approximate surface area is 135 Å². The van der Waals surface area contributed by atoms with Crippen molar-refractivity contribution in [3.05, 3.63) is 53.1 Å². The minimum atomic E-state index is 0.189. The highest BCUT2D eigenvalue weighted by atomic mass is 35.5. The molecule has 0 amide bonds. The summed E-state index contributed by atoms with van der Waals surface area (Å²) < 4.78 is 5.37. The second-order valence-corrected chi connectivity index (χ2v) is 6.38. The third-order valence-corrected chi connectivity index (χ3v) is 4.87. The fourth-order valence-electron chi connectivity index (χ4n) is 2.02. The van der Waals surface area contributed by atoms with Crippen LogP contribution in [0.25, 0.3) is 0 Å². The maximum atomic E-state index is 6.40. The molecule has 1 atom stereocenters. The summed E-state index contributed by atoms with van der Waals surface area (Å²) in [5.41, 5.74) is 7.17. The molecule has 0 aliphatic rings. The van der Waals surface area contributed by atoms with Crippen molar-refractivity contribution in [2.45, 2.75) is 35.6 Å². The Morgan fingerprint density at radius 2 is 1.95 bits per heavy atom. The van der Waals surface area contributed by atoms with Crippen LogP contribution in [-0.4, -0.2) is 13.2 Å². The van der Waals surface area contributed by atoms with Crippen LogP contribution >= 0.6 is 23.4 Å². The fraction of sp³-hybridized carbons (Fsp3) is 0.294. The summed E-state index contributed by atoms with van der Waals surface area (Å²) in [6.07, 6.45) is 1.82. The predicted octanol–water partition coefficient (Wildman–Crippen LogP) is 4.78. The van der Waals surface area contributed by atoms with E-state index in [1.807, 2.05) is 30.3 Å². The number of ether oxygens (including phenoxy) is 1. The fourth-order valence-corrected chi connectivity index (χ4v) is 3.27. The third-order valence-electron chi connectivity index (χ3n) is 3.31. The molecule has 0 saturated heterocycles. The molecule has 2 nitrogen and oxygen atoms in total. The lowest BCUT2D eigenvalue weighted by Crippen LogP contribution is -2.21. The summed E-state index contributed by atoms with van der Waals surface area (Å²) in [5.74, 6) is 0.857. The van der Waals surface area contributed by atoms with Gasteiger partial charge in [0.1, 0.15) is 5.75 Å². The minimum Gasteiger partial charge on any atom is -0.496 e. The van der Waals surface area contributed by atoms with Gasteiger partial charge in [0.25, 0.3) is 0 Å². The SMILES string of the molecule is CCC(N)Cc1ccc(Sc2ccccc2OC)c(Cl)c1. The van der Waals surface area contributed by atoms with Gasteiger partial charge in [-0.25, -0.2) is 0 Å². The first-order chi connectivity index (χ1) is 10.1. The highest BCUT2D eigenvalue weighted by Crippen LogP contribution is 2.38. The van der Waals surface area contributed by atoms with Crippen molar-refractivity contribution >= 4 is 23.4 Å². The number of hydrogen-bond donors (Lipinski definition) is 1. The molecule has 2 N–H and O–H groups in total. The number of hydrogen-bond acceptors (Lipinski definition) is 3. The Kier molecular flexibility index (Phi) is 5.97. The average molecular weight is 322 g/mol. The molecule has 0 aliphatic carbocycles. The van der Waals surface area contributed by atoms with Crippen LogP contribution in [0, 0.1) is 0 Å². The van der Waals surface area contributed by atoms with E-state index in [-0.39, 0.29) is 6.04 Å². The Balaban J connectivity index is 2.17. The van der Waals surface area contributed by atoms with Gasteiger partial charge in [-0.15, -0.1) is 0 Å². The zero-order valence-corrected chi connectivity index (χ0v) is 13.9. The standard InChI is InChI=1S/C17H20ClNOS/c1-3-13(19)10-12-8-9-16(14(18)11-12)21-17-7-5-4-6-15(17)20-2/h4-9,11,13H,3,10,19H2,1-2H3. The van der Waals surface area contributed by atoms with E-state index in [4.69, 9.17) is 22.1 Å². The maximum Gasteiger partial charge on any atom is 0.132 e. The molecule has 1 unspecified atom stereocenters. The van der Waals surface area contributed by atoms with Crippen LogP contribution in [-0.2, 0) is 6.42 Å². The first-order valence-corrected chi connectivity index (χ1v) is 8.18. The number of methoxy groups -OCH3 is 1. The van der Waals surface area contributed by atoms with Gasteiger partial charge in [0.2, 0.25) is 0 Å². The van der Waals surface area contributed by atoms with Crippen molar-refractivity contribution in [1.82, 2.24) is 0 Å². The molecule has 2 aromatic rings. The summed E-state index contributed by atoms with van der Waals surface area (Å²) >= 11 is 8.01. The first-order valence-electron chi connectivity index (χ1n) is 6.99. The highest BCUT2D eigenvalue weighted by molar-refractivity contribution is 7.99. The average Bonchev–Trinajstić information content (AvgIpc) is 2.50. The van der Waals surface area contributed by atoms with E-state index in [1.54, 1.807) is 18.9 Å². The molecule has 0 spiro atoms. The Morgan fingerprint density at radius 1 is 1.19 bits per heavy atom. The van der Waals surface area contributed by atoms with Gasteiger partial charge in [-0.1, -0.05) is 48.5 Å². The van der Waals surface area contributed by atoms with Crippen molar-refractivity contribution in [3.63, 3.8) is 0 Å². The molecule has 112 valence electrons. The van der Waals surface area contributed by atoms with Crippen molar-refractivity contribution in [1.29, 1.82) is 0 Å². The number of halogens is 1. The minimum absolute atomic E-state index is 0.189. The molecule has 0 saturated carbocycles. The van der Waals surface area contributed by atoms with Crippen molar-refractivity contribution < 1.29 is 4.74 Å². The van der Waals surface area contributed by atoms with E-state index in [0.29, 0.717) is 0 Å². The monoisotopic (exact) mass is 321 g/mol. The number of para-hydroxylation sites is 1. The number of benzene rings is 2. The van der Waals surface area contributed by atoms with Gasteiger partial charge in [-0.2, -0.15) is 0 Å². The summed E-state index contributed by atoms with van der Waals surface area (Å²) in [6, 6.07) is 14.3. The summed E-state index contributed by atoms with van der Waals surface area (Å²) in [7, 11) is 1.68. The topological polar surface area (TPSA) is 35.2 Å². The van der Waals surface area contributed by atoms with Crippen LogP contribution in [0.5, 0.6) is 5.75 Å². The lowest BCUT2D eigenvalue weighted by Gasteiger charge is -2.12. The molecule has 2 aromatic carbocycles. The van der Waals surface area contributed by atoms with Gasteiger partial charge in [0.15, 0.2) is 0 Å². The Hall–Kier alpha value is -1.16. The van der Waals surface area contributed by atoms with Gasteiger partial charge in [-0.3, -0.25) is 0 Å². The summed E-state index contributed by atoms with van der Waals surface area (Å²) in [5, 5.41) is 0.756. The van der Waals surface area contributed by atoms with Crippen LogP contribution in [0.3, 0.4) is 0 Å². The Morgan fingerprint density at radius 3 is 2.62 bits per heavy atom. The molecule has 0 fully saturated rings. The summed E-state index contributed by atoms with van der Waals surface area (Å²) in [4.78, 5) is 2.08. The zero-order chi connectivity index (χ0) is 15.2. The van der Waals surface area contributed by atoms with Crippen LogP contribution < -0.4 is 10.5 Å². The lowest BCUT2D eigenvalue weighted by molar-refractivity contribution is 0.405. The second-order valence-electron chi connectivity index (χ2n) is 4.89. The van der Waals surface area contributed by atoms with Gasteiger partial charge in [0, 0.05) is 10.9 Å². The highest BCUT2D eigenvalue weighted by Gasteiger charge is 2.09. The molecule has 21 heavy (non-hydrogen) atoms. The number of nitrogens with two attached hydrogens (primary N) is 1. The normalized spacial score (nSPS) is 12.2. The third kappa shape index (κ3) is 4.40. The van der Waals surface area contributed by atoms with Crippen LogP contribution in [0.4, 0.5) is 0 Å². The molecule has 0 aromatic heterocycles. The molecular weight excluding hydrogens is 302 g/mol. The molecule has 2 rings (SSSR count). The van der Waals surface area contributed by atoms with Crippen molar-refractivity contribution in [2.75, 3.05) is 7.11 Å². The van der Waals surface area contributed by atoms with E-state index < -0.39 is 0 Å². The molecule has 4 heteroatoms. The molecule has 0 heterocycles. The molecule has 0 radical (unpaired) electrons. The maximum absolute atomic E-state index is 6.40. The van der Waals surface area contributed by atoms with E-state index in [1.165, 1.54) is 5.56 Å². The van der Waals surface area contributed by atoms with E-state index in [9.17, 15) is 0 Å². The zero-order valence-electron chi connectivity index (χ0n) is 12.3. The van der Waals surface area contributed by atoms with E-state index >= 15 is 0 Å². The van der Waals surface area contributed by atoms with E-state index in [2.05, 4.69) is 19.1 Å². The lowest BCUT2D eigenvalue weighted by atomic mass is 10.1. The molecule has 0 aliphatic heterocycles. The smallest absolute Gasteiger partial charge is 0.132 e. The van der Waals surface area contributed by atoms with Gasteiger partial charge in [0.05, 0.1) is 17.0 Å².